The summed E-state index contributed by atoms with van der Waals surface area (Å²) >= 11 is 8.90. The number of hydrogen-bond acceptors (Lipinski definition) is 8. The number of methoxy groups -OCH3 is 1. The molecular formula is C27H21ClN4O3S2. The van der Waals surface area contributed by atoms with Crippen molar-refractivity contribution in [2.45, 2.75) is 13.5 Å². The number of benzene rings is 3. The smallest absolute Gasteiger partial charge is 0.271 e. The van der Waals surface area contributed by atoms with Crippen molar-refractivity contribution in [3.05, 3.63) is 98.9 Å². The average Bonchev–Trinajstić information content (AvgIpc) is 3.46. The number of aryl methyl sites for hydroxylation is 1. The monoisotopic (exact) mass is 548 g/mol. The first-order valence-electron chi connectivity index (χ1n) is 11.2. The maximum absolute atomic E-state index is 13.5. The lowest BCUT2D eigenvalue weighted by Gasteiger charge is -2.14. The topological polar surface area (TPSA) is 76.9 Å². The van der Waals surface area contributed by atoms with E-state index in [0.717, 1.165) is 21.8 Å². The lowest BCUT2D eigenvalue weighted by atomic mass is 10.1. The summed E-state index contributed by atoms with van der Waals surface area (Å²) in [6, 6.07) is 22.5. The number of rotatable bonds is 7. The number of amidine groups is 1. The molecule has 1 aliphatic heterocycles. The van der Waals surface area contributed by atoms with Crippen LogP contribution in [0.3, 0.4) is 0 Å². The van der Waals surface area contributed by atoms with E-state index in [1.165, 1.54) is 23.1 Å². The molecule has 0 unspecified atom stereocenters. The average molecular weight is 549 g/mol. The molecule has 7 nitrogen and oxygen atoms in total. The van der Waals surface area contributed by atoms with Gasteiger partial charge >= 0.3 is 0 Å². The highest BCUT2D eigenvalue weighted by Crippen LogP contribution is 2.38. The molecule has 0 N–H and O–H groups in total. The zero-order valence-electron chi connectivity index (χ0n) is 19.9. The Kier molecular flexibility index (Phi) is 7.55. The number of hydrogen-bond donors (Lipinski definition) is 0. The minimum atomic E-state index is -0.172. The third kappa shape index (κ3) is 5.69. The molecule has 1 aromatic heterocycles. The fourth-order valence-electron chi connectivity index (χ4n) is 3.58. The van der Waals surface area contributed by atoms with Crippen LogP contribution >= 0.6 is 34.7 Å². The lowest BCUT2D eigenvalue weighted by molar-refractivity contribution is -0.113. The number of carbonyl (C=O) groups is 1. The maximum atomic E-state index is 13.5. The fraction of sp³-hybridized carbons (Fsp3) is 0.111. The molecule has 0 bridgehead atoms. The number of aliphatic imine (C=N–C) groups is 1. The number of ether oxygens (including phenoxy) is 2. The quantitative estimate of drug-likeness (QED) is 0.234. The molecule has 0 spiro atoms. The second kappa shape index (κ2) is 11.2. The van der Waals surface area contributed by atoms with Crippen molar-refractivity contribution in [2.24, 2.45) is 4.99 Å². The van der Waals surface area contributed by atoms with E-state index < -0.39 is 0 Å². The summed E-state index contributed by atoms with van der Waals surface area (Å²) < 4.78 is 11.5. The lowest BCUT2D eigenvalue weighted by Crippen LogP contribution is -2.28. The summed E-state index contributed by atoms with van der Waals surface area (Å²) in [5.41, 5.74) is 2.40. The minimum absolute atomic E-state index is 0.172. The highest BCUT2D eigenvalue weighted by Gasteiger charge is 2.35. The Hall–Kier alpha value is -3.66. The summed E-state index contributed by atoms with van der Waals surface area (Å²) in [6.45, 7) is 2.17. The van der Waals surface area contributed by atoms with Crippen molar-refractivity contribution in [1.29, 1.82) is 0 Å². The number of nitrogens with zero attached hydrogens (tertiary/aromatic N) is 4. The van der Waals surface area contributed by atoms with E-state index in [1.54, 1.807) is 12.0 Å². The highest BCUT2D eigenvalue weighted by atomic mass is 35.5. The van der Waals surface area contributed by atoms with E-state index >= 15 is 0 Å². The van der Waals surface area contributed by atoms with Gasteiger partial charge in [0.2, 0.25) is 5.13 Å². The predicted octanol–water partition coefficient (Wildman–Crippen LogP) is 6.90. The summed E-state index contributed by atoms with van der Waals surface area (Å²) in [7, 11) is 1.58. The summed E-state index contributed by atoms with van der Waals surface area (Å²) in [5, 5.41) is 10.6. The van der Waals surface area contributed by atoms with Crippen LogP contribution in [0.1, 0.15) is 16.1 Å². The summed E-state index contributed by atoms with van der Waals surface area (Å²) in [6.07, 6.45) is 1.82. The number of aromatic nitrogens is 2. The van der Waals surface area contributed by atoms with E-state index in [4.69, 9.17) is 21.1 Å². The normalized spacial score (nSPS) is 15.5. The molecule has 1 fully saturated rings. The molecule has 3 aromatic carbocycles. The molecule has 0 aliphatic carbocycles. The van der Waals surface area contributed by atoms with Gasteiger partial charge in [0.15, 0.2) is 16.7 Å². The van der Waals surface area contributed by atoms with E-state index in [9.17, 15) is 4.79 Å². The first-order chi connectivity index (χ1) is 18.0. The third-order valence-corrected chi connectivity index (χ3v) is 7.42. The van der Waals surface area contributed by atoms with Crippen LogP contribution in [0.15, 0.2) is 82.7 Å². The molecule has 4 aromatic rings. The first-order valence-corrected chi connectivity index (χ1v) is 13.2. The Morgan fingerprint density at radius 1 is 1.03 bits per heavy atom. The molecule has 0 saturated carbocycles. The Bertz CT molecular complexity index is 1500. The van der Waals surface area contributed by atoms with E-state index in [0.29, 0.717) is 38.3 Å². The van der Waals surface area contributed by atoms with Crippen molar-refractivity contribution < 1.29 is 14.3 Å². The molecule has 0 atom stereocenters. The number of para-hydroxylation sites is 1. The molecule has 1 aliphatic rings. The number of anilines is 1. The first kappa shape index (κ1) is 25.0. The predicted molar refractivity (Wildman–Crippen MR) is 150 cm³/mol. The van der Waals surface area contributed by atoms with Crippen molar-refractivity contribution in [3.8, 4) is 11.5 Å². The SMILES string of the molecule is COc1cc(/C=C2\S/C(=N/c3nnc(C)s3)N(c3ccccc3)C2=O)ccc1OCc1ccccc1Cl. The highest BCUT2D eigenvalue weighted by molar-refractivity contribution is 8.19. The van der Waals surface area contributed by atoms with Gasteiger partial charge < -0.3 is 9.47 Å². The van der Waals surface area contributed by atoms with E-state index in [2.05, 4.69) is 15.2 Å². The van der Waals surface area contributed by atoms with Gasteiger partial charge in [-0.1, -0.05) is 65.4 Å². The van der Waals surface area contributed by atoms with Gasteiger partial charge in [-0.25, -0.2) is 0 Å². The van der Waals surface area contributed by atoms with Gasteiger partial charge in [-0.15, -0.1) is 10.2 Å². The van der Waals surface area contributed by atoms with Crippen LogP contribution in [0.5, 0.6) is 11.5 Å². The van der Waals surface area contributed by atoms with Gasteiger partial charge in [0.1, 0.15) is 11.6 Å². The molecule has 37 heavy (non-hydrogen) atoms. The van der Waals surface area contributed by atoms with Crippen LogP contribution < -0.4 is 14.4 Å². The van der Waals surface area contributed by atoms with Crippen molar-refractivity contribution in [1.82, 2.24) is 10.2 Å². The largest absolute Gasteiger partial charge is 0.493 e. The van der Waals surface area contributed by atoms with Gasteiger partial charge in [-0.3, -0.25) is 9.69 Å². The number of amides is 1. The molecule has 186 valence electrons. The van der Waals surface area contributed by atoms with Gasteiger partial charge in [-0.05, 0) is 60.7 Å². The van der Waals surface area contributed by atoms with Crippen LogP contribution in [-0.2, 0) is 11.4 Å². The second-order valence-electron chi connectivity index (χ2n) is 7.88. The molecule has 1 saturated heterocycles. The van der Waals surface area contributed by atoms with Gasteiger partial charge in [0, 0.05) is 10.6 Å². The summed E-state index contributed by atoms with van der Waals surface area (Å²) in [4.78, 5) is 20.2. The van der Waals surface area contributed by atoms with E-state index in [-0.39, 0.29) is 5.91 Å². The fourth-order valence-corrected chi connectivity index (χ4v) is 5.37. The van der Waals surface area contributed by atoms with Crippen LogP contribution in [0.2, 0.25) is 5.02 Å². The number of halogens is 1. The molecule has 2 heterocycles. The molecule has 5 rings (SSSR count). The van der Waals surface area contributed by atoms with Crippen molar-refractivity contribution in [3.63, 3.8) is 0 Å². The number of thioether (sulfide) groups is 1. The zero-order chi connectivity index (χ0) is 25.8. The van der Waals surface area contributed by atoms with Crippen LogP contribution in [0, 0.1) is 6.92 Å². The standard InChI is InChI=1S/C27H21ClN4O3S2/c1-17-30-31-26(36-17)29-27-32(20-9-4-3-5-10-20)25(33)24(37-27)15-18-12-13-22(23(14-18)34-2)35-16-19-8-6-7-11-21(19)28/h3-15H,16H2,1-2H3/b24-15-,29-27+. The van der Waals surface area contributed by atoms with Crippen LogP contribution in [0.25, 0.3) is 6.08 Å². The minimum Gasteiger partial charge on any atom is -0.493 e. The Morgan fingerprint density at radius 2 is 1.81 bits per heavy atom. The van der Waals surface area contributed by atoms with Crippen molar-refractivity contribution >= 4 is 62.7 Å². The van der Waals surface area contributed by atoms with Crippen LogP contribution in [-0.4, -0.2) is 28.4 Å². The third-order valence-electron chi connectivity index (χ3n) is 5.35. The summed E-state index contributed by atoms with van der Waals surface area (Å²) in [5.74, 6) is 0.957. The zero-order valence-corrected chi connectivity index (χ0v) is 22.3. The van der Waals surface area contributed by atoms with Crippen LogP contribution in [0.4, 0.5) is 10.8 Å². The van der Waals surface area contributed by atoms with Gasteiger partial charge in [0.05, 0.1) is 17.7 Å². The Labute approximate surface area is 227 Å². The van der Waals surface area contributed by atoms with Crippen molar-refractivity contribution in [2.75, 3.05) is 12.0 Å². The molecule has 0 radical (unpaired) electrons. The van der Waals surface area contributed by atoms with Gasteiger partial charge in [-0.2, -0.15) is 4.99 Å². The maximum Gasteiger partial charge on any atom is 0.271 e. The number of carbonyl (C=O) groups excluding carboxylic acids is 1. The van der Waals surface area contributed by atoms with E-state index in [1.807, 2.05) is 85.8 Å². The molecular weight excluding hydrogens is 528 g/mol. The second-order valence-corrected chi connectivity index (χ2v) is 10.5. The van der Waals surface area contributed by atoms with Gasteiger partial charge in [0.25, 0.3) is 5.91 Å². The Morgan fingerprint density at radius 3 is 2.54 bits per heavy atom. The molecule has 1 amide bonds. The molecule has 10 heteroatoms. The Balaban J connectivity index is 1.43.